The van der Waals surface area contributed by atoms with Crippen molar-refractivity contribution in [3.05, 3.63) is 59.4 Å². The lowest BCUT2D eigenvalue weighted by Gasteiger charge is -2.34. The lowest BCUT2D eigenvalue weighted by molar-refractivity contribution is -0.0172. The molecule has 1 saturated heterocycles. The van der Waals surface area contributed by atoms with Gasteiger partial charge in [-0.2, -0.15) is 0 Å². The maximum atomic E-state index is 13.9. The van der Waals surface area contributed by atoms with Crippen molar-refractivity contribution in [1.29, 1.82) is 0 Å². The van der Waals surface area contributed by atoms with Crippen molar-refractivity contribution in [2.75, 3.05) is 33.5 Å². The fourth-order valence-electron chi connectivity index (χ4n) is 3.96. The van der Waals surface area contributed by atoms with Crippen molar-refractivity contribution >= 4 is 5.96 Å². The second-order valence-electron chi connectivity index (χ2n) is 7.51. The van der Waals surface area contributed by atoms with Crippen LogP contribution in [0, 0.1) is 5.82 Å². The lowest BCUT2D eigenvalue weighted by atomic mass is 10.1. The molecule has 1 fully saturated rings. The zero-order valence-electron chi connectivity index (χ0n) is 17.3. The molecule has 0 unspecified atom stereocenters. The highest BCUT2D eigenvalue weighted by atomic mass is 19.1. The number of piperidine rings is 1. The smallest absolute Gasteiger partial charge is 0.193 e. The number of likely N-dealkylation sites (tertiary alicyclic amines) is 1. The normalized spacial score (nSPS) is 17.3. The van der Waals surface area contributed by atoms with E-state index in [1.807, 2.05) is 30.3 Å². The summed E-state index contributed by atoms with van der Waals surface area (Å²) in [6.07, 6.45) is 2.76. The van der Waals surface area contributed by atoms with Crippen LogP contribution in [0.4, 0.5) is 4.39 Å². The van der Waals surface area contributed by atoms with Gasteiger partial charge in [-0.3, -0.25) is 4.99 Å². The fraction of sp³-hybridized carbons (Fsp3) is 0.435. The Bertz CT molecular complexity index is 867. The molecule has 4 rings (SSSR count). The van der Waals surface area contributed by atoms with Gasteiger partial charge in [0, 0.05) is 45.1 Å². The van der Waals surface area contributed by atoms with E-state index in [0.29, 0.717) is 19.6 Å². The van der Waals surface area contributed by atoms with Crippen molar-refractivity contribution in [3.8, 4) is 11.5 Å². The Hall–Kier alpha value is -2.80. The highest BCUT2D eigenvalue weighted by molar-refractivity contribution is 5.80. The quantitative estimate of drug-likeness (QED) is 0.602. The summed E-state index contributed by atoms with van der Waals surface area (Å²) in [5, 5.41) is 3.40. The number of hydrogen-bond donors (Lipinski definition) is 1. The summed E-state index contributed by atoms with van der Waals surface area (Å²) in [5.41, 5.74) is 1.62. The van der Waals surface area contributed by atoms with Gasteiger partial charge in [-0.15, -0.1) is 0 Å². The van der Waals surface area contributed by atoms with Gasteiger partial charge in [0.05, 0.1) is 6.61 Å². The fourth-order valence-corrected chi connectivity index (χ4v) is 3.96. The Kier molecular flexibility index (Phi) is 6.69. The third-order valence-corrected chi connectivity index (χ3v) is 5.43. The van der Waals surface area contributed by atoms with Crippen molar-refractivity contribution in [2.45, 2.75) is 32.0 Å². The summed E-state index contributed by atoms with van der Waals surface area (Å²) in [4.78, 5) is 6.67. The second-order valence-corrected chi connectivity index (χ2v) is 7.51. The largest absolute Gasteiger partial charge is 0.490 e. The molecule has 2 aromatic carbocycles. The number of guanidine groups is 1. The molecule has 0 amide bonds. The molecular weight excluding hydrogens is 385 g/mol. The van der Waals surface area contributed by atoms with Gasteiger partial charge < -0.3 is 24.4 Å². The molecule has 7 heteroatoms. The maximum Gasteiger partial charge on any atom is 0.193 e. The molecule has 0 spiro atoms. The molecule has 0 saturated carbocycles. The van der Waals surface area contributed by atoms with E-state index in [4.69, 9.17) is 14.2 Å². The average Bonchev–Trinajstić information content (AvgIpc) is 2.78. The SMILES string of the molecule is CN=C(NCCc1cc(F)cc2c1OCOC2)N1CCC(Oc2ccccc2)CC1. The number of para-hydroxylation sites is 1. The summed E-state index contributed by atoms with van der Waals surface area (Å²) in [7, 11) is 1.79. The molecule has 0 bridgehead atoms. The highest BCUT2D eigenvalue weighted by Gasteiger charge is 2.23. The van der Waals surface area contributed by atoms with Crippen LogP contribution < -0.4 is 14.8 Å². The molecule has 0 aromatic heterocycles. The van der Waals surface area contributed by atoms with E-state index in [1.54, 1.807) is 13.1 Å². The van der Waals surface area contributed by atoms with E-state index in [9.17, 15) is 4.39 Å². The minimum atomic E-state index is -0.261. The highest BCUT2D eigenvalue weighted by Crippen LogP contribution is 2.29. The second kappa shape index (κ2) is 9.80. The van der Waals surface area contributed by atoms with Crippen molar-refractivity contribution in [3.63, 3.8) is 0 Å². The number of benzene rings is 2. The minimum Gasteiger partial charge on any atom is -0.490 e. The number of ether oxygens (including phenoxy) is 3. The Morgan fingerprint density at radius 3 is 2.80 bits per heavy atom. The topological polar surface area (TPSA) is 55.3 Å². The molecule has 6 nitrogen and oxygen atoms in total. The molecule has 2 aromatic rings. The maximum absolute atomic E-state index is 13.9. The lowest BCUT2D eigenvalue weighted by Crippen LogP contribution is -2.47. The molecule has 0 aliphatic carbocycles. The Morgan fingerprint density at radius 2 is 2.03 bits per heavy atom. The van der Waals surface area contributed by atoms with Crippen molar-refractivity contribution < 1.29 is 18.6 Å². The van der Waals surface area contributed by atoms with Crippen LogP contribution in [0.2, 0.25) is 0 Å². The third kappa shape index (κ3) is 5.02. The Labute approximate surface area is 176 Å². The number of fused-ring (bicyclic) bond motifs is 1. The predicted octanol–water partition coefficient (Wildman–Crippen LogP) is 3.35. The van der Waals surface area contributed by atoms with Crippen molar-refractivity contribution in [1.82, 2.24) is 10.2 Å². The van der Waals surface area contributed by atoms with Gasteiger partial charge in [0.25, 0.3) is 0 Å². The molecular formula is C23H28FN3O3. The number of aliphatic imine (C=N–C) groups is 1. The molecule has 2 heterocycles. The van der Waals surface area contributed by atoms with Gasteiger partial charge in [-0.05, 0) is 36.2 Å². The van der Waals surface area contributed by atoms with E-state index < -0.39 is 0 Å². The Morgan fingerprint density at radius 1 is 1.23 bits per heavy atom. The van der Waals surface area contributed by atoms with Crippen LogP contribution in [0.3, 0.4) is 0 Å². The van der Waals surface area contributed by atoms with Crippen LogP contribution in [0.1, 0.15) is 24.0 Å². The number of rotatable bonds is 5. The molecule has 2 aliphatic heterocycles. The summed E-state index contributed by atoms with van der Waals surface area (Å²) in [5.74, 6) is 2.27. The zero-order chi connectivity index (χ0) is 20.8. The molecule has 1 N–H and O–H groups in total. The molecule has 160 valence electrons. The standard InChI is InChI=1S/C23H28FN3O3/c1-25-23(27-11-8-21(9-12-27)30-20-5-3-2-4-6-20)26-10-7-17-13-19(24)14-18-15-28-16-29-22(17)18/h2-6,13-14,21H,7-12,15-16H2,1H3,(H,25,26). The minimum absolute atomic E-state index is 0.209. The summed E-state index contributed by atoms with van der Waals surface area (Å²) >= 11 is 0. The monoisotopic (exact) mass is 413 g/mol. The third-order valence-electron chi connectivity index (χ3n) is 5.43. The van der Waals surface area contributed by atoms with E-state index in [2.05, 4.69) is 15.2 Å². The average molecular weight is 413 g/mol. The first-order chi connectivity index (χ1) is 14.7. The van der Waals surface area contributed by atoms with Gasteiger partial charge in [-0.1, -0.05) is 18.2 Å². The van der Waals surface area contributed by atoms with Crippen LogP contribution >= 0.6 is 0 Å². The predicted molar refractivity (Wildman–Crippen MR) is 113 cm³/mol. The van der Waals surface area contributed by atoms with Crippen LogP contribution in [-0.2, 0) is 17.8 Å². The first-order valence-corrected chi connectivity index (χ1v) is 10.4. The van der Waals surface area contributed by atoms with Gasteiger partial charge in [0.1, 0.15) is 23.4 Å². The summed E-state index contributed by atoms with van der Waals surface area (Å²) < 4.78 is 30.8. The van der Waals surface area contributed by atoms with Gasteiger partial charge in [0.15, 0.2) is 12.8 Å². The van der Waals surface area contributed by atoms with Gasteiger partial charge >= 0.3 is 0 Å². The first kappa shape index (κ1) is 20.5. The first-order valence-electron chi connectivity index (χ1n) is 10.4. The van der Waals surface area contributed by atoms with Crippen LogP contribution in [0.15, 0.2) is 47.5 Å². The number of nitrogens with one attached hydrogen (secondary N) is 1. The van der Waals surface area contributed by atoms with E-state index in [-0.39, 0.29) is 18.7 Å². The van der Waals surface area contributed by atoms with Crippen molar-refractivity contribution in [2.24, 2.45) is 4.99 Å². The molecule has 0 radical (unpaired) electrons. The summed E-state index contributed by atoms with van der Waals surface area (Å²) in [6, 6.07) is 13.0. The summed E-state index contributed by atoms with van der Waals surface area (Å²) in [6.45, 7) is 3.00. The number of hydrogen-bond acceptors (Lipinski definition) is 4. The zero-order valence-corrected chi connectivity index (χ0v) is 17.3. The van der Waals surface area contributed by atoms with Crippen LogP contribution in [0.5, 0.6) is 11.5 Å². The molecule has 2 aliphatic rings. The van der Waals surface area contributed by atoms with E-state index >= 15 is 0 Å². The number of halogens is 1. The molecule has 0 atom stereocenters. The van der Waals surface area contributed by atoms with Crippen LogP contribution in [-0.4, -0.2) is 50.4 Å². The van der Waals surface area contributed by atoms with Gasteiger partial charge in [-0.25, -0.2) is 4.39 Å². The van der Waals surface area contributed by atoms with E-state index in [0.717, 1.165) is 54.5 Å². The number of nitrogens with zero attached hydrogens (tertiary/aromatic N) is 2. The Balaban J connectivity index is 1.27. The van der Waals surface area contributed by atoms with E-state index in [1.165, 1.54) is 6.07 Å². The van der Waals surface area contributed by atoms with Crippen LogP contribution in [0.25, 0.3) is 0 Å². The van der Waals surface area contributed by atoms with Gasteiger partial charge in [0.2, 0.25) is 0 Å². The molecule has 30 heavy (non-hydrogen) atoms.